The summed E-state index contributed by atoms with van der Waals surface area (Å²) in [5, 5.41) is 2.69. The maximum Gasteiger partial charge on any atom is 0.416 e. The molecule has 2 aromatic rings. The number of aryl methyl sites for hydroxylation is 1. The zero-order valence-corrected chi connectivity index (χ0v) is 21.0. The number of nitrogens with one attached hydrogen (secondary N) is 1. The number of likely N-dealkylation sites (tertiary alicyclic amines) is 1. The van der Waals surface area contributed by atoms with Gasteiger partial charge >= 0.3 is 18.4 Å². The number of rotatable bonds is 5. The topological polar surface area (TPSA) is 35.6 Å². The quantitative estimate of drug-likeness (QED) is 0.432. The minimum atomic E-state index is -4.95. The maximum atomic E-state index is 13.8. The standard InChI is InChI=1S/C26H30F7N3O/c1-15-10-20(27)7-8-21(15)23-22(35(3)4)6-5-9-36(23)24(37)34-14-16(2)17-11-18(25(28,29)30)13-19(12-17)26(31,32)33/h7-8,10-13,16,22-23H,5-6,9,14H2,1-4H3,(H,34,37). The second-order valence-electron chi connectivity index (χ2n) is 9.74. The molecule has 3 atom stereocenters. The summed E-state index contributed by atoms with van der Waals surface area (Å²) in [7, 11) is 3.76. The first kappa shape index (κ1) is 28.7. The van der Waals surface area contributed by atoms with E-state index in [1.165, 1.54) is 19.1 Å². The van der Waals surface area contributed by atoms with Crippen LogP contribution < -0.4 is 5.32 Å². The second kappa shape index (κ2) is 10.9. The minimum absolute atomic E-state index is 0.0705. The molecule has 0 bridgehead atoms. The normalized spacial score (nSPS) is 19.7. The Balaban J connectivity index is 1.85. The predicted molar refractivity (Wildman–Crippen MR) is 126 cm³/mol. The van der Waals surface area contributed by atoms with Gasteiger partial charge in [0.25, 0.3) is 0 Å². The van der Waals surface area contributed by atoms with E-state index in [-0.39, 0.29) is 24.2 Å². The highest BCUT2D eigenvalue weighted by Crippen LogP contribution is 2.38. The Morgan fingerprint density at radius 1 is 1.05 bits per heavy atom. The number of piperidine rings is 1. The lowest BCUT2D eigenvalue weighted by molar-refractivity contribution is -0.143. The number of alkyl halides is 6. The van der Waals surface area contributed by atoms with Gasteiger partial charge in [-0.05, 0) is 86.8 Å². The van der Waals surface area contributed by atoms with E-state index >= 15 is 0 Å². The van der Waals surface area contributed by atoms with E-state index in [1.54, 1.807) is 17.9 Å². The van der Waals surface area contributed by atoms with Crippen molar-refractivity contribution in [3.8, 4) is 0 Å². The Bertz CT molecular complexity index is 1080. The highest BCUT2D eigenvalue weighted by Gasteiger charge is 2.39. The first-order chi connectivity index (χ1) is 17.1. The number of hydrogen-bond donors (Lipinski definition) is 1. The smallest absolute Gasteiger partial charge is 0.337 e. The zero-order chi connectivity index (χ0) is 27.7. The van der Waals surface area contributed by atoms with Crippen LogP contribution in [0.25, 0.3) is 0 Å². The molecule has 3 rings (SSSR count). The molecule has 4 nitrogen and oxygen atoms in total. The number of benzene rings is 2. The third-order valence-electron chi connectivity index (χ3n) is 6.81. The first-order valence-electron chi connectivity index (χ1n) is 11.9. The molecule has 37 heavy (non-hydrogen) atoms. The number of carbonyl (C=O) groups is 1. The number of nitrogens with zero attached hydrogens (tertiary/aromatic N) is 2. The molecule has 0 saturated carbocycles. The number of hydrogen-bond acceptors (Lipinski definition) is 2. The summed E-state index contributed by atoms with van der Waals surface area (Å²) in [5.41, 5.74) is -1.53. The van der Waals surface area contributed by atoms with Crippen LogP contribution in [0.4, 0.5) is 35.5 Å². The molecule has 1 aliphatic heterocycles. The van der Waals surface area contributed by atoms with Crippen LogP contribution in [-0.2, 0) is 12.4 Å². The molecule has 3 unspecified atom stereocenters. The molecule has 1 fully saturated rings. The van der Waals surface area contributed by atoms with Crippen LogP contribution in [0.2, 0.25) is 0 Å². The van der Waals surface area contributed by atoms with Gasteiger partial charge < -0.3 is 15.1 Å². The highest BCUT2D eigenvalue weighted by molar-refractivity contribution is 5.75. The number of urea groups is 1. The van der Waals surface area contributed by atoms with Crippen LogP contribution in [0.15, 0.2) is 36.4 Å². The van der Waals surface area contributed by atoms with Gasteiger partial charge in [-0.15, -0.1) is 0 Å². The van der Waals surface area contributed by atoms with E-state index in [0.717, 1.165) is 12.0 Å². The van der Waals surface area contributed by atoms with Gasteiger partial charge in [0, 0.05) is 19.1 Å². The van der Waals surface area contributed by atoms with Gasteiger partial charge in [-0.2, -0.15) is 26.3 Å². The largest absolute Gasteiger partial charge is 0.416 e. The van der Waals surface area contributed by atoms with Crippen LogP contribution in [0, 0.1) is 12.7 Å². The Morgan fingerprint density at radius 3 is 2.16 bits per heavy atom. The van der Waals surface area contributed by atoms with Gasteiger partial charge in [-0.3, -0.25) is 0 Å². The first-order valence-corrected chi connectivity index (χ1v) is 11.9. The molecule has 1 aliphatic rings. The molecule has 1 heterocycles. The average Bonchev–Trinajstić information content (AvgIpc) is 2.80. The van der Waals surface area contributed by atoms with Crippen molar-refractivity contribution >= 4 is 6.03 Å². The fourth-order valence-corrected chi connectivity index (χ4v) is 4.81. The molecule has 1 N–H and O–H groups in total. The molecule has 11 heteroatoms. The number of carbonyl (C=O) groups excluding carboxylic acids is 1. The molecule has 0 aromatic heterocycles. The van der Waals surface area contributed by atoms with E-state index in [4.69, 9.17) is 0 Å². The van der Waals surface area contributed by atoms with Crippen LogP contribution in [0.1, 0.15) is 59.5 Å². The molecule has 0 radical (unpaired) electrons. The van der Waals surface area contributed by atoms with Crippen molar-refractivity contribution in [3.05, 3.63) is 70.0 Å². The summed E-state index contributed by atoms with van der Waals surface area (Å²) in [6.07, 6.45) is -8.41. The van der Waals surface area contributed by atoms with Crippen LogP contribution in [-0.4, -0.2) is 49.1 Å². The molecule has 204 valence electrons. The second-order valence-corrected chi connectivity index (χ2v) is 9.74. The Labute approximate surface area is 211 Å². The lowest BCUT2D eigenvalue weighted by Crippen LogP contribution is -2.53. The molecule has 0 aliphatic carbocycles. The molecule has 0 spiro atoms. The fraction of sp³-hybridized carbons (Fsp3) is 0.500. The Hall–Kier alpha value is -2.82. The van der Waals surface area contributed by atoms with Gasteiger partial charge in [0.2, 0.25) is 0 Å². The molecule has 1 saturated heterocycles. The van der Waals surface area contributed by atoms with Gasteiger partial charge in [0.05, 0.1) is 17.2 Å². The summed E-state index contributed by atoms with van der Waals surface area (Å²) < 4.78 is 93.3. The third kappa shape index (κ3) is 6.74. The summed E-state index contributed by atoms with van der Waals surface area (Å²) in [6.45, 7) is 3.43. The lowest BCUT2D eigenvalue weighted by Gasteiger charge is -2.44. The molecule has 2 aromatic carbocycles. The van der Waals surface area contributed by atoms with Gasteiger partial charge in [0.1, 0.15) is 5.82 Å². The van der Waals surface area contributed by atoms with Crippen molar-refractivity contribution in [2.45, 2.75) is 57.0 Å². The summed E-state index contributed by atoms with van der Waals surface area (Å²) in [4.78, 5) is 16.9. The van der Waals surface area contributed by atoms with E-state index in [9.17, 15) is 35.5 Å². The van der Waals surface area contributed by atoms with Crippen molar-refractivity contribution in [1.82, 2.24) is 15.1 Å². The van der Waals surface area contributed by atoms with Crippen LogP contribution in [0.5, 0.6) is 0 Å². The Morgan fingerprint density at radius 2 is 1.65 bits per heavy atom. The third-order valence-corrected chi connectivity index (χ3v) is 6.81. The fourth-order valence-electron chi connectivity index (χ4n) is 4.81. The molecule has 2 amide bonds. The van der Waals surface area contributed by atoms with Gasteiger partial charge in [-0.25, -0.2) is 9.18 Å². The summed E-state index contributed by atoms with van der Waals surface area (Å²) >= 11 is 0. The summed E-state index contributed by atoms with van der Waals surface area (Å²) in [5.74, 6) is -1.23. The monoisotopic (exact) mass is 533 g/mol. The SMILES string of the molecule is Cc1cc(F)ccc1C1C(N(C)C)CCCN1C(=O)NCC(C)c1cc(C(F)(F)F)cc(C(F)(F)F)c1. The van der Waals surface area contributed by atoms with Crippen molar-refractivity contribution in [1.29, 1.82) is 0 Å². The van der Waals surface area contributed by atoms with E-state index in [1.807, 2.05) is 19.0 Å². The number of halogens is 7. The molecular formula is C26H30F7N3O. The maximum absolute atomic E-state index is 13.8. The minimum Gasteiger partial charge on any atom is -0.337 e. The van der Waals surface area contributed by atoms with E-state index in [2.05, 4.69) is 5.32 Å². The van der Waals surface area contributed by atoms with Gasteiger partial charge in [-0.1, -0.05) is 13.0 Å². The number of amides is 2. The van der Waals surface area contributed by atoms with Crippen LogP contribution >= 0.6 is 0 Å². The van der Waals surface area contributed by atoms with E-state index < -0.39 is 47.3 Å². The molecular weight excluding hydrogens is 503 g/mol. The average molecular weight is 534 g/mol. The number of likely N-dealkylation sites (N-methyl/N-ethyl adjacent to an activating group) is 1. The Kier molecular flexibility index (Phi) is 8.46. The highest BCUT2D eigenvalue weighted by atomic mass is 19.4. The zero-order valence-electron chi connectivity index (χ0n) is 21.0. The summed E-state index contributed by atoms with van der Waals surface area (Å²) in [6, 6.07) is 4.83. The van der Waals surface area contributed by atoms with Crippen LogP contribution in [0.3, 0.4) is 0 Å². The van der Waals surface area contributed by atoms with Gasteiger partial charge in [0.15, 0.2) is 0 Å². The van der Waals surface area contributed by atoms with Crippen molar-refractivity contribution < 1.29 is 35.5 Å². The van der Waals surface area contributed by atoms with Crippen molar-refractivity contribution in [2.75, 3.05) is 27.2 Å². The predicted octanol–water partition coefficient (Wildman–Crippen LogP) is 6.75. The van der Waals surface area contributed by atoms with E-state index in [0.29, 0.717) is 30.7 Å². The van der Waals surface area contributed by atoms with Crippen molar-refractivity contribution in [3.63, 3.8) is 0 Å². The van der Waals surface area contributed by atoms with Crippen molar-refractivity contribution in [2.24, 2.45) is 0 Å². The lowest BCUT2D eigenvalue weighted by atomic mass is 9.87.